The topological polar surface area (TPSA) is 74.2 Å². The van der Waals surface area contributed by atoms with E-state index in [2.05, 4.69) is 5.73 Å². The highest BCUT2D eigenvalue weighted by atomic mass is 16.6. The maximum Gasteiger partial charge on any atom is 0.418 e. The number of aryl methyl sites for hydroxylation is 1. The Hall–Kier alpha value is -1.88. The highest BCUT2D eigenvalue weighted by Crippen LogP contribution is 2.34. The summed E-state index contributed by atoms with van der Waals surface area (Å²) in [4.78, 5) is 25.1. The summed E-state index contributed by atoms with van der Waals surface area (Å²) in [6.45, 7) is 4.33. The van der Waals surface area contributed by atoms with Crippen molar-refractivity contribution in [2.45, 2.75) is 19.4 Å². The van der Waals surface area contributed by atoms with Crippen LogP contribution < -0.4 is 5.73 Å². The molecule has 0 aliphatic carbocycles. The largest absolute Gasteiger partial charge is 0.428 e. The Balaban J connectivity index is 2.38. The second-order valence-electron chi connectivity index (χ2n) is 4.58. The predicted octanol–water partition coefficient (Wildman–Crippen LogP) is 0.431. The molecule has 2 rings (SSSR count). The number of amides is 2. The molecule has 1 aromatic carbocycles. The fourth-order valence-corrected chi connectivity index (χ4v) is 2.09. The number of benzene rings is 1. The van der Waals surface area contributed by atoms with E-state index in [0.29, 0.717) is 18.7 Å². The molecule has 18 heavy (non-hydrogen) atoms. The fraction of sp³-hybridized carbons (Fsp3) is 0.385. The van der Waals surface area contributed by atoms with E-state index in [4.69, 9.17) is 4.74 Å². The molecule has 3 N–H and O–H groups in total. The van der Waals surface area contributed by atoms with Crippen molar-refractivity contribution in [2.75, 3.05) is 13.1 Å². The van der Waals surface area contributed by atoms with E-state index in [9.17, 15) is 9.59 Å². The Kier molecular flexibility index (Phi) is 3.09. The summed E-state index contributed by atoms with van der Waals surface area (Å²) >= 11 is 0. The number of hydrogen-bond donors (Lipinski definition) is 1. The predicted molar refractivity (Wildman–Crippen MR) is 64.5 cm³/mol. The Morgan fingerprint density at radius 3 is 2.72 bits per heavy atom. The molecule has 1 heterocycles. The summed E-state index contributed by atoms with van der Waals surface area (Å²) in [5.41, 5.74) is 4.16. The first-order valence-corrected chi connectivity index (χ1v) is 5.90. The van der Waals surface area contributed by atoms with Gasteiger partial charge in [0.05, 0.1) is 13.1 Å². The number of ether oxygens (including phenoxy) is 1. The van der Waals surface area contributed by atoms with Gasteiger partial charge in [-0.05, 0) is 13.8 Å². The van der Waals surface area contributed by atoms with E-state index in [-0.39, 0.29) is 5.91 Å². The molecule has 0 saturated carbocycles. The van der Waals surface area contributed by atoms with E-state index in [0.717, 1.165) is 10.5 Å². The number of carbonyl (C=O) groups is 2. The van der Waals surface area contributed by atoms with Crippen LogP contribution >= 0.6 is 0 Å². The van der Waals surface area contributed by atoms with Gasteiger partial charge in [-0.15, -0.1) is 0 Å². The molecule has 1 aromatic rings. The minimum absolute atomic E-state index is 0.291. The molecule has 1 aliphatic heterocycles. The zero-order valence-electron chi connectivity index (χ0n) is 10.6. The second-order valence-corrected chi connectivity index (χ2v) is 4.58. The average molecular weight is 249 g/mol. The molecule has 5 nitrogen and oxygen atoms in total. The summed E-state index contributed by atoms with van der Waals surface area (Å²) in [6, 6.07) is 7.44. The lowest BCUT2D eigenvalue weighted by Crippen LogP contribution is -2.56. The van der Waals surface area contributed by atoms with Gasteiger partial charge in [-0.3, -0.25) is 4.79 Å². The van der Waals surface area contributed by atoms with E-state index in [1.54, 1.807) is 13.0 Å². The van der Waals surface area contributed by atoms with Crippen molar-refractivity contribution in [3.63, 3.8) is 0 Å². The van der Waals surface area contributed by atoms with Crippen molar-refractivity contribution in [2.24, 2.45) is 0 Å². The normalized spacial score (nSPS) is 23.4. The quantitative estimate of drug-likeness (QED) is 0.844. The molecule has 1 fully saturated rings. The molecule has 0 spiro atoms. The van der Waals surface area contributed by atoms with Gasteiger partial charge in [-0.25, -0.2) is 9.69 Å². The third-order valence-corrected chi connectivity index (χ3v) is 3.12. The Bertz CT molecular complexity index is 501. The summed E-state index contributed by atoms with van der Waals surface area (Å²) < 4.78 is 5.28. The second kappa shape index (κ2) is 4.42. The van der Waals surface area contributed by atoms with Gasteiger partial charge in [0.2, 0.25) is 5.60 Å². The van der Waals surface area contributed by atoms with E-state index in [1.165, 1.54) is 0 Å². The van der Waals surface area contributed by atoms with Gasteiger partial charge < -0.3 is 10.5 Å². The fourth-order valence-electron chi connectivity index (χ4n) is 2.09. The molecule has 5 heteroatoms. The molecule has 0 radical (unpaired) electrons. The van der Waals surface area contributed by atoms with Crippen LogP contribution in [0.4, 0.5) is 4.79 Å². The molecule has 2 amide bonds. The summed E-state index contributed by atoms with van der Waals surface area (Å²) in [6.07, 6.45) is -0.590. The number of nitrogens with zero attached hydrogens (tertiary/aromatic N) is 1. The summed E-state index contributed by atoms with van der Waals surface area (Å²) in [5.74, 6) is -0.318. The third-order valence-electron chi connectivity index (χ3n) is 3.12. The third kappa shape index (κ3) is 1.86. The Labute approximate surface area is 106 Å². The van der Waals surface area contributed by atoms with Crippen LogP contribution in [0, 0.1) is 6.92 Å². The smallest absolute Gasteiger partial charge is 0.418 e. The van der Waals surface area contributed by atoms with Crippen LogP contribution in [0.3, 0.4) is 0 Å². The molecule has 96 valence electrons. The first-order chi connectivity index (χ1) is 8.49. The van der Waals surface area contributed by atoms with Crippen molar-refractivity contribution >= 4 is 12.0 Å². The standard InChI is InChI=1S/C13H16N2O3/c1-9-4-3-5-10(8-9)13(2)11(16)15(7-6-14)12(17)18-13/h3-5,8H,6-7,14H2,1-2H3/p+1/t13-/m0/s1. The number of quaternary nitrogens is 1. The lowest BCUT2D eigenvalue weighted by molar-refractivity contribution is -0.367. The van der Waals surface area contributed by atoms with Gasteiger partial charge in [0, 0.05) is 5.56 Å². The van der Waals surface area contributed by atoms with Crippen molar-refractivity contribution in [1.82, 2.24) is 4.90 Å². The number of imide groups is 1. The SMILES string of the molecule is Cc1cccc([C@]2(C)OC(=O)N(CC[NH3+])C2=O)c1. The lowest BCUT2D eigenvalue weighted by atomic mass is 9.94. The highest BCUT2D eigenvalue weighted by molar-refractivity contribution is 6.03. The molecule has 1 atom stereocenters. The highest BCUT2D eigenvalue weighted by Gasteiger charge is 2.51. The Morgan fingerprint density at radius 1 is 1.39 bits per heavy atom. The number of cyclic esters (lactones) is 1. The van der Waals surface area contributed by atoms with Gasteiger partial charge >= 0.3 is 6.09 Å². The van der Waals surface area contributed by atoms with Gasteiger partial charge in [0.1, 0.15) is 0 Å². The van der Waals surface area contributed by atoms with Crippen LogP contribution in [0.5, 0.6) is 0 Å². The van der Waals surface area contributed by atoms with Crippen LogP contribution in [-0.2, 0) is 15.1 Å². The van der Waals surface area contributed by atoms with E-state index >= 15 is 0 Å². The van der Waals surface area contributed by atoms with E-state index in [1.807, 2.05) is 25.1 Å². The summed E-state index contributed by atoms with van der Waals surface area (Å²) in [5, 5.41) is 0. The van der Waals surface area contributed by atoms with Crippen LogP contribution in [0.1, 0.15) is 18.1 Å². The van der Waals surface area contributed by atoms with Gasteiger partial charge in [0.15, 0.2) is 0 Å². The molecule has 1 aliphatic rings. The molecular formula is C13H17N2O3+. The van der Waals surface area contributed by atoms with Gasteiger partial charge in [-0.1, -0.05) is 29.8 Å². The minimum Gasteiger partial charge on any atom is -0.428 e. The number of carbonyl (C=O) groups excluding carboxylic acids is 2. The minimum atomic E-state index is -1.21. The average Bonchev–Trinajstić information content (AvgIpc) is 2.55. The van der Waals surface area contributed by atoms with Crippen molar-refractivity contribution in [3.05, 3.63) is 35.4 Å². The zero-order valence-corrected chi connectivity index (χ0v) is 10.6. The monoisotopic (exact) mass is 249 g/mol. The van der Waals surface area contributed by atoms with E-state index < -0.39 is 11.7 Å². The van der Waals surface area contributed by atoms with Crippen LogP contribution in [0.25, 0.3) is 0 Å². The molecule has 0 unspecified atom stereocenters. The summed E-state index contributed by atoms with van der Waals surface area (Å²) in [7, 11) is 0. The van der Waals surface area contributed by atoms with Crippen LogP contribution in [-0.4, -0.2) is 30.0 Å². The van der Waals surface area contributed by atoms with Crippen molar-refractivity contribution in [3.8, 4) is 0 Å². The van der Waals surface area contributed by atoms with Crippen molar-refractivity contribution in [1.29, 1.82) is 0 Å². The zero-order chi connectivity index (χ0) is 13.3. The number of rotatable bonds is 3. The molecule has 1 saturated heterocycles. The van der Waals surface area contributed by atoms with Gasteiger partial charge in [-0.2, -0.15) is 0 Å². The maximum atomic E-state index is 12.3. The Morgan fingerprint density at radius 2 is 2.11 bits per heavy atom. The van der Waals surface area contributed by atoms with Gasteiger partial charge in [0.25, 0.3) is 5.91 Å². The molecule has 0 bridgehead atoms. The molecular weight excluding hydrogens is 232 g/mol. The maximum absolute atomic E-state index is 12.3. The van der Waals surface area contributed by atoms with Crippen molar-refractivity contribution < 1.29 is 20.1 Å². The first-order valence-electron chi connectivity index (χ1n) is 5.90. The van der Waals surface area contributed by atoms with Crippen LogP contribution in [0.2, 0.25) is 0 Å². The first kappa shape index (κ1) is 12.6. The number of hydrogen-bond acceptors (Lipinski definition) is 3. The van der Waals surface area contributed by atoms with Crippen LogP contribution in [0.15, 0.2) is 24.3 Å². The molecule has 0 aromatic heterocycles. The lowest BCUT2D eigenvalue weighted by Gasteiger charge is -2.20.